The van der Waals surface area contributed by atoms with Gasteiger partial charge in [0, 0.05) is 18.0 Å². The third-order valence-corrected chi connectivity index (χ3v) is 3.57. The topological polar surface area (TPSA) is 55.6 Å². The molecule has 0 spiro atoms. The lowest BCUT2D eigenvalue weighted by Gasteiger charge is -2.06. The Morgan fingerprint density at radius 3 is 2.96 bits per heavy atom. The Morgan fingerprint density at radius 1 is 1.30 bits per heavy atom. The van der Waals surface area contributed by atoms with Crippen molar-refractivity contribution in [1.82, 2.24) is 14.7 Å². The number of hydrogen-bond donors (Lipinski definition) is 1. The van der Waals surface area contributed by atoms with E-state index in [1.807, 2.05) is 54.9 Å². The number of aryl methyl sites for hydroxylation is 1. The number of nitrogens with zero attached hydrogens (tertiary/aromatic N) is 2. The first-order chi connectivity index (χ1) is 11.2. The molecular weight excluding hydrogens is 290 g/mol. The molecule has 118 valence electrons. The summed E-state index contributed by atoms with van der Waals surface area (Å²) in [6.45, 7) is 4.90. The van der Waals surface area contributed by atoms with E-state index in [1.54, 1.807) is 12.1 Å². The minimum Gasteiger partial charge on any atom is -0.494 e. The molecule has 0 aliphatic carbocycles. The molecule has 2 heterocycles. The van der Waals surface area contributed by atoms with E-state index in [-0.39, 0.29) is 5.91 Å². The second kappa shape index (κ2) is 6.52. The van der Waals surface area contributed by atoms with Crippen molar-refractivity contribution in [2.75, 3.05) is 6.61 Å². The third kappa shape index (κ3) is 3.34. The van der Waals surface area contributed by atoms with Crippen LogP contribution in [0, 0.1) is 6.92 Å². The molecule has 0 radical (unpaired) electrons. The Morgan fingerprint density at radius 2 is 2.17 bits per heavy atom. The summed E-state index contributed by atoms with van der Waals surface area (Å²) in [5.74, 6) is 0.559. The third-order valence-electron chi connectivity index (χ3n) is 3.57. The van der Waals surface area contributed by atoms with Crippen LogP contribution < -0.4 is 10.1 Å². The van der Waals surface area contributed by atoms with Crippen LogP contribution in [-0.4, -0.2) is 21.9 Å². The van der Waals surface area contributed by atoms with Crippen LogP contribution in [0.25, 0.3) is 5.65 Å². The van der Waals surface area contributed by atoms with Crippen molar-refractivity contribution < 1.29 is 9.53 Å². The summed E-state index contributed by atoms with van der Waals surface area (Å²) in [6, 6.07) is 11.2. The molecule has 5 heteroatoms. The second-order valence-electron chi connectivity index (χ2n) is 5.30. The fourth-order valence-electron chi connectivity index (χ4n) is 2.46. The van der Waals surface area contributed by atoms with Crippen LogP contribution in [0.3, 0.4) is 0 Å². The fraction of sp³-hybridized carbons (Fsp3) is 0.222. The highest BCUT2D eigenvalue weighted by atomic mass is 16.5. The highest BCUT2D eigenvalue weighted by Crippen LogP contribution is 2.14. The van der Waals surface area contributed by atoms with E-state index in [0.29, 0.717) is 24.5 Å². The molecule has 3 aromatic rings. The number of benzene rings is 1. The van der Waals surface area contributed by atoms with E-state index in [0.717, 1.165) is 16.9 Å². The van der Waals surface area contributed by atoms with Crippen LogP contribution in [0.2, 0.25) is 0 Å². The first-order valence-electron chi connectivity index (χ1n) is 7.61. The van der Waals surface area contributed by atoms with Gasteiger partial charge in [-0.15, -0.1) is 0 Å². The molecule has 0 fully saturated rings. The largest absolute Gasteiger partial charge is 0.494 e. The highest BCUT2D eigenvalue weighted by molar-refractivity contribution is 5.94. The van der Waals surface area contributed by atoms with E-state index < -0.39 is 0 Å². The number of rotatable bonds is 5. The Hall–Kier alpha value is -2.82. The number of amides is 1. The number of aromatic nitrogens is 2. The summed E-state index contributed by atoms with van der Waals surface area (Å²) in [5.41, 5.74) is 3.43. The van der Waals surface area contributed by atoms with E-state index >= 15 is 0 Å². The Kier molecular flexibility index (Phi) is 4.28. The number of ether oxygens (including phenoxy) is 1. The number of carbonyl (C=O) groups excluding carboxylic acids is 1. The smallest absolute Gasteiger partial charge is 0.251 e. The van der Waals surface area contributed by atoms with Crippen LogP contribution in [-0.2, 0) is 6.54 Å². The van der Waals surface area contributed by atoms with E-state index in [4.69, 9.17) is 4.74 Å². The first-order valence-corrected chi connectivity index (χ1v) is 7.61. The van der Waals surface area contributed by atoms with Crippen LogP contribution in [0.15, 0.2) is 48.8 Å². The average molecular weight is 309 g/mol. The zero-order valence-corrected chi connectivity index (χ0v) is 13.2. The molecule has 1 N–H and O–H groups in total. The quantitative estimate of drug-likeness (QED) is 0.788. The predicted octanol–water partition coefficient (Wildman–Crippen LogP) is 2.97. The highest BCUT2D eigenvalue weighted by Gasteiger charge is 2.09. The summed E-state index contributed by atoms with van der Waals surface area (Å²) < 4.78 is 7.38. The SMILES string of the molecule is CCOc1cccc(C(=O)NCc2cn3cccc(C)c3n2)c1. The van der Waals surface area contributed by atoms with Crippen molar-refractivity contribution in [2.24, 2.45) is 0 Å². The molecule has 5 nitrogen and oxygen atoms in total. The lowest BCUT2D eigenvalue weighted by molar-refractivity contribution is 0.0950. The van der Waals surface area contributed by atoms with Crippen LogP contribution >= 0.6 is 0 Å². The number of carbonyl (C=O) groups is 1. The van der Waals surface area contributed by atoms with Gasteiger partial charge in [-0.1, -0.05) is 12.1 Å². The van der Waals surface area contributed by atoms with Gasteiger partial charge < -0.3 is 14.5 Å². The molecule has 0 unspecified atom stereocenters. The van der Waals surface area contributed by atoms with E-state index in [1.165, 1.54) is 0 Å². The molecule has 3 rings (SSSR count). The Balaban J connectivity index is 1.70. The second-order valence-corrected chi connectivity index (χ2v) is 5.30. The molecule has 0 aliphatic heterocycles. The summed E-state index contributed by atoms with van der Waals surface area (Å²) in [6.07, 6.45) is 3.88. The first kappa shape index (κ1) is 15.1. The molecule has 1 aromatic carbocycles. The van der Waals surface area contributed by atoms with Crippen molar-refractivity contribution in [3.05, 3.63) is 65.6 Å². The number of imidazole rings is 1. The van der Waals surface area contributed by atoms with E-state index in [9.17, 15) is 4.79 Å². The van der Waals surface area contributed by atoms with Gasteiger partial charge in [0.05, 0.1) is 18.8 Å². The van der Waals surface area contributed by atoms with Gasteiger partial charge in [0.2, 0.25) is 0 Å². The van der Waals surface area contributed by atoms with Gasteiger partial charge in [-0.2, -0.15) is 0 Å². The maximum atomic E-state index is 12.3. The maximum Gasteiger partial charge on any atom is 0.251 e. The van der Waals surface area contributed by atoms with Gasteiger partial charge in [0.25, 0.3) is 5.91 Å². The number of nitrogens with one attached hydrogen (secondary N) is 1. The van der Waals surface area contributed by atoms with Gasteiger partial charge in [0.15, 0.2) is 0 Å². The van der Waals surface area contributed by atoms with E-state index in [2.05, 4.69) is 10.3 Å². The summed E-state index contributed by atoms with van der Waals surface area (Å²) in [4.78, 5) is 16.8. The molecule has 1 amide bonds. The minimum atomic E-state index is -0.139. The Bertz CT molecular complexity index is 839. The lowest BCUT2D eigenvalue weighted by atomic mass is 10.2. The van der Waals surface area contributed by atoms with Gasteiger partial charge in [0.1, 0.15) is 11.4 Å². The van der Waals surface area contributed by atoms with Crippen molar-refractivity contribution >= 4 is 11.6 Å². The molecule has 23 heavy (non-hydrogen) atoms. The molecular formula is C18H19N3O2. The molecule has 0 saturated carbocycles. The maximum absolute atomic E-state index is 12.3. The zero-order chi connectivity index (χ0) is 16.2. The van der Waals surface area contributed by atoms with Gasteiger partial charge in [-0.05, 0) is 43.7 Å². The van der Waals surface area contributed by atoms with Crippen LogP contribution in [0.1, 0.15) is 28.5 Å². The molecule has 0 aliphatic rings. The van der Waals surface area contributed by atoms with Crippen molar-refractivity contribution in [1.29, 1.82) is 0 Å². The lowest BCUT2D eigenvalue weighted by Crippen LogP contribution is -2.22. The van der Waals surface area contributed by atoms with Crippen molar-refractivity contribution in [3.8, 4) is 5.75 Å². The predicted molar refractivity (Wildman–Crippen MR) is 88.7 cm³/mol. The minimum absolute atomic E-state index is 0.139. The standard InChI is InChI=1S/C18H19N3O2/c1-3-23-16-8-4-7-14(10-16)18(22)19-11-15-12-21-9-5-6-13(2)17(21)20-15/h4-10,12H,3,11H2,1-2H3,(H,19,22). The van der Waals surface area contributed by atoms with Crippen molar-refractivity contribution in [3.63, 3.8) is 0 Å². The normalized spacial score (nSPS) is 10.7. The zero-order valence-electron chi connectivity index (χ0n) is 13.2. The fourth-order valence-corrected chi connectivity index (χ4v) is 2.46. The average Bonchev–Trinajstić information content (AvgIpc) is 2.98. The van der Waals surface area contributed by atoms with Crippen LogP contribution in [0.5, 0.6) is 5.75 Å². The summed E-state index contributed by atoms with van der Waals surface area (Å²) >= 11 is 0. The number of hydrogen-bond acceptors (Lipinski definition) is 3. The van der Waals surface area contributed by atoms with Gasteiger partial charge in [-0.3, -0.25) is 4.79 Å². The Labute approximate surface area is 134 Å². The number of pyridine rings is 1. The monoisotopic (exact) mass is 309 g/mol. The van der Waals surface area contributed by atoms with Crippen molar-refractivity contribution in [2.45, 2.75) is 20.4 Å². The van der Waals surface area contributed by atoms with Gasteiger partial charge >= 0.3 is 0 Å². The molecule has 0 saturated heterocycles. The molecule has 0 atom stereocenters. The molecule has 0 bridgehead atoms. The summed E-state index contributed by atoms with van der Waals surface area (Å²) in [5, 5.41) is 2.89. The molecule has 2 aromatic heterocycles. The van der Waals surface area contributed by atoms with Gasteiger partial charge in [-0.25, -0.2) is 4.98 Å². The van der Waals surface area contributed by atoms with Crippen LogP contribution in [0.4, 0.5) is 0 Å². The number of fused-ring (bicyclic) bond motifs is 1. The summed E-state index contributed by atoms with van der Waals surface area (Å²) in [7, 11) is 0.